The number of sulfone groups is 1. The summed E-state index contributed by atoms with van der Waals surface area (Å²) >= 11 is 0. The van der Waals surface area contributed by atoms with Gasteiger partial charge in [-0.2, -0.15) is 0 Å². The number of pyridine rings is 3. The smallest absolute Gasteiger partial charge is 0.340 e. The van der Waals surface area contributed by atoms with Crippen LogP contribution < -0.4 is 10.1 Å². The third-order valence-electron chi connectivity index (χ3n) is 8.09. The number of nitrogens with zero attached hydrogens (tertiary/aromatic N) is 6. The Kier molecular flexibility index (Phi) is 8.93. The van der Waals surface area contributed by atoms with Gasteiger partial charge in [-0.05, 0) is 68.8 Å². The van der Waals surface area contributed by atoms with Crippen molar-refractivity contribution in [2.75, 3.05) is 11.1 Å². The highest BCUT2D eigenvalue weighted by Crippen LogP contribution is 2.38. The predicted molar refractivity (Wildman–Crippen MR) is 161 cm³/mol. The zero-order valence-electron chi connectivity index (χ0n) is 25.0. The lowest BCUT2D eigenvalue weighted by molar-refractivity contribution is 0.0235. The van der Waals surface area contributed by atoms with Crippen LogP contribution in [0.2, 0.25) is 0 Å². The number of fused-ring (bicyclic) bond motifs is 2. The number of carbonyl (C=O) groups excluding carboxylic acids is 1. The molecule has 0 saturated carbocycles. The molecule has 1 unspecified atom stereocenters. The first-order chi connectivity index (χ1) is 19.8. The van der Waals surface area contributed by atoms with Crippen LogP contribution in [0, 0.1) is 0 Å². The lowest BCUT2D eigenvalue weighted by atomic mass is 9.88. The van der Waals surface area contributed by atoms with E-state index in [1.807, 2.05) is 40.7 Å². The maximum absolute atomic E-state index is 12.3. The molecule has 0 fully saturated rings. The van der Waals surface area contributed by atoms with E-state index < -0.39 is 32.7 Å². The molecule has 5 atom stereocenters. The Morgan fingerprint density at radius 1 is 1.17 bits per heavy atom. The summed E-state index contributed by atoms with van der Waals surface area (Å²) in [5.41, 5.74) is 10.2. The molecule has 12 nitrogen and oxygen atoms in total. The summed E-state index contributed by atoms with van der Waals surface area (Å²) in [6.45, 7) is 12.7. The second kappa shape index (κ2) is 12.1. The number of carbonyl (C=O) groups is 1. The van der Waals surface area contributed by atoms with Crippen LogP contribution in [0.3, 0.4) is 0 Å². The number of aromatic nitrogens is 3. The zero-order chi connectivity index (χ0) is 30.8. The van der Waals surface area contributed by atoms with Gasteiger partial charge in [-0.1, -0.05) is 25.9 Å². The van der Waals surface area contributed by atoms with Gasteiger partial charge in [0.2, 0.25) is 5.88 Å². The Labute approximate surface area is 245 Å². The molecule has 42 heavy (non-hydrogen) atoms. The van der Waals surface area contributed by atoms with Gasteiger partial charge in [0.05, 0.1) is 33.5 Å². The highest BCUT2D eigenvalue weighted by atomic mass is 32.2. The maximum atomic E-state index is 12.3. The van der Waals surface area contributed by atoms with Crippen molar-refractivity contribution in [1.29, 1.82) is 0 Å². The van der Waals surface area contributed by atoms with Crippen molar-refractivity contribution >= 4 is 38.2 Å². The molecule has 4 heterocycles. The van der Waals surface area contributed by atoms with Crippen molar-refractivity contribution in [3.8, 4) is 5.88 Å². The van der Waals surface area contributed by atoms with Crippen LogP contribution in [-0.4, -0.2) is 52.5 Å². The van der Waals surface area contributed by atoms with Crippen LogP contribution in [0.25, 0.3) is 21.2 Å². The minimum Gasteiger partial charge on any atom is -0.474 e. The van der Waals surface area contributed by atoms with Crippen LogP contribution in [0.15, 0.2) is 35.7 Å². The second-order valence-electron chi connectivity index (χ2n) is 11.0. The van der Waals surface area contributed by atoms with Crippen LogP contribution in [-0.2, 0) is 20.1 Å². The Morgan fingerprint density at radius 3 is 2.57 bits per heavy atom. The fraction of sp³-hybridized carbons (Fsp3) is 0.517. The Morgan fingerprint density at radius 2 is 1.90 bits per heavy atom. The van der Waals surface area contributed by atoms with E-state index in [-0.39, 0.29) is 17.8 Å². The van der Waals surface area contributed by atoms with Crippen LogP contribution in [0.4, 0.5) is 11.6 Å². The highest BCUT2D eigenvalue weighted by molar-refractivity contribution is 7.91. The molecular weight excluding hydrogens is 558 g/mol. The van der Waals surface area contributed by atoms with Crippen molar-refractivity contribution in [2.24, 2.45) is 5.11 Å². The van der Waals surface area contributed by atoms with Gasteiger partial charge in [0, 0.05) is 35.4 Å². The van der Waals surface area contributed by atoms with E-state index in [4.69, 9.17) is 14.5 Å². The molecule has 0 aliphatic carbocycles. The van der Waals surface area contributed by atoms with E-state index in [2.05, 4.69) is 25.3 Å². The minimum atomic E-state index is -3.21. The third kappa shape index (κ3) is 6.12. The highest BCUT2D eigenvalue weighted by Gasteiger charge is 2.32. The van der Waals surface area contributed by atoms with Gasteiger partial charge in [-0.25, -0.2) is 28.2 Å². The Hall–Kier alpha value is -3.96. The number of azide groups is 1. The van der Waals surface area contributed by atoms with Gasteiger partial charge >= 0.3 is 5.97 Å². The van der Waals surface area contributed by atoms with E-state index >= 15 is 0 Å². The summed E-state index contributed by atoms with van der Waals surface area (Å²) in [5.74, 6) is 0.876. The zero-order valence-corrected chi connectivity index (χ0v) is 25.8. The summed E-state index contributed by atoms with van der Waals surface area (Å²) in [5, 5.41) is 8.04. The molecule has 0 radical (unpaired) electrons. The Bertz CT molecular complexity index is 1660. The predicted octanol–water partition coefficient (Wildman–Crippen LogP) is 6.35. The topological polar surface area (TPSA) is 169 Å². The van der Waals surface area contributed by atoms with Crippen molar-refractivity contribution in [3.63, 3.8) is 0 Å². The molecule has 3 aromatic heterocycles. The summed E-state index contributed by atoms with van der Waals surface area (Å²) < 4.78 is 36.2. The molecule has 1 aliphatic heterocycles. The van der Waals surface area contributed by atoms with Gasteiger partial charge in [-0.15, -0.1) is 0 Å². The van der Waals surface area contributed by atoms with Crippen molar-refractivity contribution in [3.05, 3.63) is 57.9 Å². The third-order valence-corrected chi connectivity index (χ3v) is 10.3. The fourth-order valence-electron chi connectivity index (χ4n) is 5.01. The lowest BCUT2D eigenvalue weighted by Gasteiger charge is -2.27. The number of cyclic esters (lactones) is 1. The van der Waals surface area contributed by atoms with E-state index in [1.165, 1.54) is 0 Å². The van der Waals surface area contributed by atoms with Crippen LogP contribution in [0.5, 0.6) is 5.88 Å². The van der Waals surface area contributed by atoms with E-state index in [1.54, 1.807) is 38.4 Å². The number of esters is 1. The molecule has 1 N–H and O–H groups in total. The first kappa shape index (κ1) is 31.0. The van der Waals surface area contributed by atoms with Crippen molar-refractivity contribution < 1.29 is 22.7 Å². The monoisotopic (exact) mass is 595 g/mol. The quantitative estimate of drug-likeness (QED) is 0.115. The molecular formula is C29H37N7O5S. The number of hydrogen-bond acceptors (Lipinski definition) is 10. The molecule has 0 aromatic carbocycles. The number of anilines is 2. The van der Waals surface area contributed by atoms with E-state index in [9.17, 15) is 18.7 Å². The first-order valence-corrected chi connectivity index (χ1v) is 15.8. The van der Waals surface area contributed by atoms with Crippen LogP contribution in [0.1, 0.15) is 88.8 Å². The van der Waals surface area contributed by atoms with Gasteiger partial charge in [0.1, 0.15) is 17.7 Å². The molecule has 4 rings (SSSR count). The normalized spacial score (nSPS) is 19.5. The largest absolute Gasteiger partial charge is 0.474 e. The Balaban J connectivity index is 1.75. The summed E-state index contributed by atoms with van der Waals surface area (Å²) in [4.78, 5) is 29.2. The van der Waals surface area contributed by atoms with Crippen molar-refractivity contribution in [1.82, 2.24) is 15.0 Å². The summed E-state index contributed by atoms with van der Waals surface area (Å²) in [7, 11) is -3.21. The fourth-order valence-corrected chi connectivity index (χ4v) is 6.14. The van der Waals surface area contributed by atoms with Gasteiger partial charge in [0.25, 0.3) is 0 Å². The van der Waals surface area contributed by atoms with Crippen LogP contribution >= 0.6 is 0 Å². The average molecular weight is 596 g/mol. The minimum absolute atomic E-state index is 0.0621. The molecule has 0 bridgehead atoms. The second-order valence-corrected chi connectivity index (χ2v) is 13.7. The van der Waals surface area contributed by atoms with Gasteiger partial charge < -0.3 is 14.8 Å². The molecule has 1 aliphatic rings. The molecule has 224 valence electrons. The number of hydrogen-bond donors (Lipinski definition) is 1. The molecule has 3 aromatic rings. The number of nitrogens with one attached hydrogen (secondary N) is 1. The van der Waals surface area contributed by atoms with E-state index in [0.29, 0.717) is 58.0 Å². The van der Waals surface area contributed by atoms with Gasteiger partial charge in [-0.3, -0.25) is 0 Å². The summed E-state index contributed by atoms with van der Waals surface area (Å²) in [6.07, 6.45) is 3.33. The first-order valence-electron chi connectivity index (χ1n) is 14.1. The van der Waals surface area contributed by atoms with Crippen molar-refractivity contribution in [2.45, 2.75) is 90.2 Å². The molecule has 0 amide bonds. The SMILES string of the molecule is CCC(C)(N=[N+]=[N-])c1cnc(O[C@H](C)C[C@@H](C)S(=O)(=O)CC)c2cnc(Nc3ccc4c(n3)[C@@H](C)[C@H](C)OC4=O)cc12. The molecule has 0 spiro atoms. The van der Waals surface area contributed by atoms with E-state index in [0.717, 1.165) is 0 Å². The maximum Gasteiger partial charge on any atom is 0.340 e. The summed E-state index contributed by atoms with van der Waals surface area (Å²) in [6, 6.07) is 5.20. The lowest BCUT2D eigenvalue weighted by Crippen LogP contribution is -2.29. The number of ether oxygens (including phenoxy) is 2. The molecule has 13 heteroatoms. The van der Waals surface area contributed by atoms with Gasteiger partial charge in [0.15, 0.2) is 9.84 Å². The average Bonchev–Trinajstić information content (AvgIpc) is 2.95. The standard InChI is InChI=1S/C29H37N7O5S/c1-8-29(7,35-36-30)23-15-32-27(40-16(3)12-17(4)42(38,39)9-2)22-14-31-25(13-21(22)23)33-24-11-10-20-26(34-24)18(5)19(6)41-28(20)37/h10-11,13-19H,8-9,12H2,1-7H3,(H,31,33,34)/t16-,17-,18+,19+,29?/m1/s1. The number of rotatable bonds is 11. The molecule has 0 saturated heterocycles.